The number of hydrogen-bond acceptors (Lipinski definition) is 4. The van der Waals surface area contributed by atoms with Crippen molar-refractivity contribution in [1.29, 1.82) is 5.26 Å². The van der Waals surface area contributed by atoms with Crippen molar-refractivity contribution in [2.24, 2.45) is 0 Å². The number of imidazole rings is 1. The topological polar surface area (TPSA) is 63.2 Å². The number of rotatable bonds is 3. The highest BCUT2D eigenvalue weighted by atomic mass is 35.5. The minimum atomic E-state index is -1.20. The van der Waals surface area contributed by atoms with Crippen molar-refractivity contribution in [2.75, 3.05) is 6.61 Å². The summed E-state index contributed by atoms with van der Waals surface area (Å²) in [5.74, 6) is -2.69. The third-order valence-electron chi connectivity index (χ3n) is 2.92. The molecule has 0 spiro atoms. The number of halogens is 3. The molecule has 0 fully saturated rings. The van der Waals surface area contributed by atoms with E-state index in [1.54, 1.807) is 6.07 Å². The normalized spacial score (nSPS) is 10.6. The van der Waals surface area contributed by atoms with Crippen LogP contribution in [0.25, 0.3) is 16.9 Å². The quantitative estimate of drug-likeness (QED) is 0.744. The van der Waals surface area contributed by atoms with E-state index in [1.165, 1.54) is 28.9 Å². The highest BCUT2D eigenvalue weighted by Gasteiger charge is 2.21. The zero-order valence-corrected chi connectivity index (χ0v) is 11.6. The minimum Gasteiger partial charge on any atom is -0.476 e. The van der Waals surface area contributed by atoms with Gasteiger partial charge in [-0.2, -0.15) is 9.65 Å². The number of hydrogen-bond donors (Lipinski definition) is 0. The van der Waals surface area contributed by atoms with Crippen LogP contribution in [-0.2, 0) is 0 Å². The third-order valence-corrected chi connectivity index (χ3v) is 3.18. The van der Waals surface area contributed by atoms with Crippen LogP contribution >= 0.6 is 11.6 Å². The molecule has 8 heteroatoms. The number of aromatic nitrogens is 3. The first-order valence-corrected chi connectivity index (χ1v) is 6.39. The maximum atomic E-state index is 14.3. The van der Waals surface area contributed by atoms with Crippen LogP contribution in [0.1, 0.15) is 0 Å². The summed E-state index contributed by atoms with van der Waals surface area (Å²) in [6, 6.07) is 4.22. The molecule has 0 bridgehead atoms. The van der Waals surface area contributed by atoms with Crippen molar-refractivity contribution in [3.63, 3.8) is 0 Å². The van der Waals surface area contributed by atoms with Gasteiger partial charge in [-0.3, -0.25) is 4.40 Å². The van der Waals surface area contributed by atoms with E-state index in [9.17, 15) is 8.78 Å². The predicted octanol–water partition coefficient (Wildman–Crippen LogP) is 3.03. The second-order valence-corrected chi connectivity index (χ2v) is 4.53. The molecule has 3 rings (SSSR count). The maximum Gasteiger partial charge on any atom is 0.201 e. The zero-order valence-electron chi connectivity index (χ0n) is 10.8. The molecule has 1 radical (unpaired) electrons. The van der Waals surface area contributed by atoms with Crippen molar-refractivity contribution in [3.05, 3.63) is 47.5 Å². The van der Waals surface area contributed by atoms with Gasteiger partial charge in [0, 0.05) is 18.0 Å². The molecule has 0 saturated carbocycles. The Kier molecular flexibility index (Phi) is 3.61. The predicted molar refractivity (Wildman–Crippen MR) is 73.3 cm³/mol. The van der Waals surface area contributed by atoms with Gasteiger partial charge in [0.1, 0.15) is 12.3 Å². The fourth-order valence-electron chi connectivity index (χ4n) is 2.00. The van der Waals surface area contributed by atoms with Gasteiger partial charge in [0.25, 0.3) is 0 Å². The van der Waals surface area contributed by atoms with E-state index in [4.69, 9.17) is 21.6 Å². The number of fused-ring (bicyclic) bond motifs is 1. The Hall–Kier alpha value is -2.72. The van der Waals surface area contributed by atoms with Crippen molar-refractivity contribution in [2.45, 2.75) is 0 Å². The van der Waals surface area contributed by atoms with Crippen LogP contribution < -0.4 is 4.74 Å². The van der Waals surface area contributed by atoms with Gasteiger partial charge in [-0.1, -0.05) is 11.6 Å². The van der Waals surface area contributed by atoms with Crippen LogP contribution in [0.15, 0.2) is 24.5 Å². The second kappa shape index (κ2) is 5.58. The second-order valence-electron chi connectivity index (χ2n) is 4.17. The number of benzene rings is 1. The molecule has 22 heavy (non-hydrogen) atoms. The van der Waals surface area contributed by atoms with Crippen molar-refractivity contribution >= 4 is 17.2 Å². The Bertz CT molecular complexity index is 904. The molecule has 0 N–H and O–H groups in total. The Morgan fingerprint density at radius 3 is 2.95 bits per heavy atom. The van der Waals surface area contributed by atoms with E-state index in [1.807, 2.05) is 0 Å². The molecule has 5 nitrogen and oxygen atoms in total. The van der Waals surface area contributed by atoms with Gasteiger partial charge < -0.3 is 4.74 Å². The number of nitriles is 1. The largest absolute Gasteiger partial charge is 0.476 e. The summed E-state index contributed by atoms with van der Waals surface area (Å²) in [6.07, 6.45) is 5.53. The Morgan fingerprint density at radius 2 is 2.18 bits per heavy atom. The molecule has 0 atom stereocenters. The molecule has 109 valence electrons. The van der Waals surface area contributed by atoms with Gasteiger partial charge in [0.05, 0.1) is 5.69 Å². The first-order chi connectivity index (χ1) is 10.6. The molecule has 0 aliphatic heterocycles. The van der Waals surface area contributed by atoms with Crippen LogP contribution in [0.3, 0.4) is 0 Å². The average molecular weight is 320 g/mol. The van der Waals surface area contributed by atoms with E-state index in [0.29, 0.717) is 0 Å². The molecule has 3 aromatic rings. The summed E-state index contributed by atoms with van der Waals surface area (Å²) in [5.41, 5.74) is 0.379. The lowest BCUT2D eigenvalue weighted by Gasteiger charge is -2.08. The molecule has 0 aliphatic carbocycles. The van der Waals surface area contributed by atoms with Gasteiger partial charge >= 0.3 is 0 Å². The Morgan fingerprint density at radius 1 is 1.36 bits per heavy atom. The first kappa shape index (κ1) is 14.2. The first-order valence-electron chi connectivity index (χ1n) is 6.02. The van der Waals surface area contributed by atoms with Crippen molar-refractivity contribution in [3.8, 4) is 23.1 Å². The zero-order chi connectivity index (χ0) is 15.7. The van der Waals surface area contributed by atoms with Gasteiger partial charge in [-0.25, -0.2) is 14.4 Å². The molecule has 0 aliphatic rings. The summed E-state index contributed by atoms with van der Waals surface area (Å²) >= 11 is 6.01. The third kappa shape index (κ3) is 2.23. The van der Waals surface area contributed by atoms with Crippen LogP contribution in [0, 0.1) is 29.2 Å². The molecule has 0 saturated heterocycles. The van der Waals surface area contributed by atoms with Gasteiger partial charge in [-0.15, -0.1) is 0 Å². The van der Waals surface area contributed by atoms with Gasteiger partial charge in [0.15, 0.2) is 29.0 Å². The summed E-state index contributed by atoms with van der Waals surface area (Å²) < 4.78 is 34.6. The lowest BCUT2D eigenvalue weighted by Crippen LogP contribution is -2.00. The minimum absolute atomic E-state index is 0.00626. The van der Waals surface area contributed by atoms with Crippen LogP contribution in [0.5, 0.6) is 5.75 Å². The highest BCUT2D eigenvalue weighted by Crippen LogP contribution is 2.34. The lowest BCUT2D eigenvalue weighted by molar-refractivity contribution is 0.337. The fourth-order valence-corrected chi connectivity index (χ4v) is 2.27. The van der Waals surface area contributed by atoms with E-state index in [-0.39, 0.29) is 34.4 Å². The molecule has 2 heterocycles. The summed E-state index contributed by atoms with van der Waals surface area (Å²) in [5, 5.41) is 8.41. The smallest absolute Gasteiger partial charge is 0.201 e. The molecule has 2 aromatic heterocycles. The van der Waals surface area contributed by atoms with E-state index in [2.05, 4.69) is 16.2 Å². The molecule has 1 aromatic carbocycles. The van der Waals surface area contributed by atoms with E-state index < -0.39 is 11.6 Å². The average Bonchev–Trinajstić information content (AvgIpc) is 2.85. The SMILES string of the molecule is N#CCOc1ccc(-c2c(Cl)nc3[c]nccn23)c(F)c1F. The lowest BCUT2D eigenvalue weighted by atomic mass is 10.1. The highest BCUT2D eigenvalue weighted by molar-refractivity contribution is 6.32. The number of ether oxygens (including phenoxy) is 1. The van der Waals surface area contributed by atoms with Gasteiger partial charge in [-0.05, 0) is 12.1 Å². The van der Waals surface area contributed by atoms with E-state index >= 15 is 0 Å². The van der Waals surface area contributed by atoms with Crippen LogP contribution in [0.2, 0.25) is 5.15 Å². The standard InChI is InChI=1S/C14H6ClF2N4O/c15-14-13(21-5-4-19-7-10(21)20-14)8-1-2-9(22-6-3-18)12(17)11(8)16/h1-2,4-5H,6H2. The van der Waals surface area contributed by atoms with Gasteiger partial charge in [0.2, 0.25) is 5.82 Å². The van der Waals surface area contributed by atoms with E-state index in [0.717, 1.165) is 0 Å². The Labute approximate surface area is 128 Å². The van der Waals surface area contributed by atoms with Crippen molar-refractivity contribution in [1.82, 2.24) is 14.4 Å². The molecular formula is C14H6ClF2N4O. The summed E-state index contributed by atoms with van der Waals surface area (Å²) in [7, 11) is 0. The summed E-state index contributed by atoms with van der Waals surface area (Å²) in [6.45, 7) is -0.382. The number of nitrogens with zero attached hydrogens (tertiary/aromatic N) is 4. The maximum absolute atomic E-state index is 14.3. The molecule has 0 amide bonds. The van der Waals surface area contributed by atoms with Crippen LogP contribution in [0.4, 0.5) is 8.78 Å². The van der Waals surface area contributed by atoms with Crippen molar-refractivity contribution < 1.29 is 13.5 Å². The molecular weight excluding hydrogens is 314 g/mol. The monoisotopic (exact) mass is 319 g/mol. The van der Waals surface area contributed by atoms with Crippen LogP contribution in [-0.4, -0.2) is 21.0 Å². The molecule has 0 unspecified atom stereocenters. The Balaban J connectivity index is 2.18. The fraction of sp³-hybridized carbons (Fsp3) is 0.0714. The summed E-state index contributed by atoms with van der Waals surface area (Å²) in [4.78, 5) is 7.74.